The second kappa shape index (κ2) is 5.10. The minimum atomic E-state index is -0.123. The van der Waals surface area contributed by atoms with E-state index in [0.717, 1.165) is 17.5 Å². The molecule has 0 spiro atoms. The van der Waals surface area contributed by atoms with Gasteiger partial charge < -0.3 is 4.98 Å². The zero-order valence-electron chi connectivity index (χ0n) is 11.0. The van der Waals surface area contributed by atoms with Crippen molar-refractivity contribution in [3.8, 4) is 11.4 Å². The molecule has 0 unspecified atom stereocenters. The van der Waals surface area contributed by atoms with E-state index in [2.05, 4.69) is 9.97 Å². The Labute approximate surface area is 121 Å². The standard InChI is InChI=1S/C16H13ClN2O/c1-2-10-9-11(17)7-8-12(10)15-18-14-6-4-3-5-13(14)16(20)19-15/h3-9H,2H2,1H3,(H,18,19,20). The lowest BCUT2D eigenvalue weighted by Crippen LogP contribution is -2.10. The second-order valence-electron chi connectivity index (χ2n) is 4.59. The Hall–Kier alpha value is -2.13. The molecule has 0 bridgehead atoms. The van der Waals surface area contributed by atoms with Crippen molar-refractivity contribution in [3.05, 3.63) is 63.4 Å². The number of hydrogen-bond acceptors (Lipinski definition) is 2. The number of aryl methyl sites for hydroxylation is 1. The zero-order valence-corrected chi connectivity index (χ0v) is 11.7. The van der Waals surface area contributed by atoms with Gasteiger partial charge in [-0.15, -0.1) is 0 Å². The van der Waals surface area contributed by atoms with Gasteiger partial charge in [-0.25, -0.2) is 4.98 Å². The van der Waals surface area contributed by atoms with Crippen LogP contribution in [-0.4, -0.2) is 9.97 Å². The molecule has 0 saturated heterocycles. The van der Waals surface area contributed by atoms with Crippen LogP contribution >= 0.6 is 11.6 Å². The summed E-state index contributed by atoms with van der Waals surface area (Å²) >= 11 is 6.02. The van der Waals surface area contributed by atoms with Gasteiger partial charge in [0.1, 0.15) is 5.82 Å². The van der Waals surface area contributed by atoms with Crippen molar-refractivity contribution in [2.75, 3.05) is 0 Å². The molecule has 1 heterocycles. The summed E-state index contributed by atoms with van der Waals surface area (Å²) in [5.74, 6) is 0.585. The molecule has 3 nitrogen and oxygen atoms in total. The smallest absolute Gasteiger partial charge is 0.259 e. The molecule has 0 amide bonds. The number of rotatable bonds is 2. The minimum Gasteiger partial charge on any atom is -0.306 e. The Balaban J connectivity index is 2.27. The van der Waals surface area contributed by atoms with Crippen LogP contribution in [0.4, 0.5) is 0 Å². The fourth-order valence-electron chi connectivity index (χ4n) is 2.30. The number of aromatic nitrogens is 2. The summed E-state index contributed by atoms with van der Waals surface area (Å²) in [4.78, 5) is 19.5. The number of H-pyrrole nitrogens is 1. The second-order valence-corrected chi connectivity index (χ2v) is 5.02. The minimum absolute atomic E-state index is 0.123. The molecule has 1 aromatic heterocycles. The van der Waals surface area contributed by atoms with Crippen LogP contribution in [0.5, 0.6) is 0 Å². The summed E-state index contributed by atoms with van der Waals surface area (Å²) in [5.41, 5.74) is 2.56. The lowest BCUT2D eigenvalue weighted by molar-refractivity contribution is 1.11. The van der Waals surface area contributed by atoms with E-state index in [-0.39, 0.29) is 5.56 Å². The molecular weight excluding hydrogens is 272 g/mol. The first kappa shape index (κ1) is 12.9. The van der Waals surface area contributed by atoms with Crippen molar-refractivity contribution in [1.82, 2.24) is 9.97 Å². The SMILES string of the molecule is CCc1cc(Cl)ccc1-c1nc2ccccc2c(=O)[nH]1. The molecular formula is C16H13ClN2O. The molecule has 3 aromatic rings. The van der Waals surface area contributed by atoms with Crippen molar-refractivity contribution >= 4 is 22.5 Å². The van der Waals surface area contributed by atoms with Crippen LogP contribution in [0.2, 0.25) is 5.02 Å². The number of nitrogens with one attached hydrogen (secondary N) is 1. The average molecular weight is 285 g/mol. The van der Waals surface area contributed by atoms with Gasteiger partial charge in [0, 0.05) is 10.6 Å². The van der Waals surface area contributed by atoms with Crippen molar-refractivity contribution < 1.29 is 0 Å². The summed E-state index contributed by atoms with van der Waals surface area (Å²) in [6.07, 6.45) is 0.826. The van der Waals surface area contributed by atoms with E-state index in [1.165, 1.54) is 0 Å². The topological polar surface area (TPSA) is 45.8 Å². The van der Waals surface area contributed by atoms with E-state index < -0.39 is 0 Å². The van der Waals surface area contributed by atoms with Crippen molar-refractivity contribution in [2.45, 2.75) is 13.3 Å². The van der Waals surface area contributed by atoms with Gasteiger partial charge in [0.2, 0.25) is 0 Å². The normalized spacial score (nSPS) is 10.9. The fraction of sp³-hybridized carbons (Fsp3) is 0.125. The first-order chi connectivity index (χ1) is 9.69. The van der Waals surface area contributed by atoms with E-state index in [1.807, 2.05) is 43.3 Å². The molecule has 0 aliphatic heterocycles. The predicted molar refractivity (Wildman–Crippen MR) is 82.2 cm³/mol. The molecule has 0 atom stereocenters. The predicted octanol–water partition coefficient (Wildman–Crippen LogP) is 3.81. The number of hydrogen-bond donors (Lipinski definition) is 1. The number of fused-ring (bicyclic) bond motifs is 1. The molecule has 20 heavy (non-hydrogen) atoms. The highest BCUT2D eigenvalue weighted by Gasteiger charge is 2.09. The van der Waals surface area contributed by atoms with E-state index in [4.69, 9.17) is 11.6 Å². The van der Waals surface area contributed by atoms with Crippen molar-refractivity contribution in [2.24, 2.45) is 0 Å². The van der Waals surface area contributed by atoms with Crippen LogP contribution < -0.4 is 5.56 Å². The van der Waals surface area contributed by atoms with Gasteiger partial charge in [-0.3, -0.25) is 4.79 Å². The summed E-state index contributed by atoms with van der Waals surface area (Å²) in [6, 6.07) is 12.9. The van der Waals surface area contributed by atoms with Crippen LogP contribution in [0.25, 0.3) is 22.3 Å². The molecule has 0 saturated carbocycles. The Kier molecular flexibility index (Phi) is 3.28. The maximum atomic E-state index is 12.1. The maximum Gasteiger partial charge on any atom is 0.259 e. The molecule has 100 valence electrons. The molecule has 4 heteroatoms. The van der Waals surface area contributed by atoms with Gasteiger partial charge >= 0.3 is 0 Å². The Morgan fingerprint density at radius 1 is 1.20 bits per heavy atom. The van der Waals surface area contributed by atoms with Gasteiger partial charge in [0.05, 0.1) is 10.9 Å². The number of para-hydroxylation sites is 1. The number of benzene rings is 2. The first-order valence-corrected chi connectivity index (χ1v) is 6.84. The lowest BCUT2D eigenvalue weighted by atomic mass is 10.0. The summed E-state index contributed by atoms with van der Waals surface area (Å²) in [6.45, 7) is 2.05. The highest BCUT2D eigenvalue weighted by Crippen LogP contribution is 2.24. The Bertz CT molecular complexity index is 839. The Morgan fingerprint density at radius 2 is 2.00 bits per heavy atom. The summed E-state index contributed by atoms with van der Waals surface area (Å²) in [5, 5.41) is 1.29. The molecule has 3 rings (SSSR count). The zero-order chi connectivity index (χ0) is 14.1. The maximum absolute atomic E-state index is 12.1. The van der Waals surface area contributed by atoms with Gasteiger partial charge in [-0.1, -0.05) is 30.7 Å². The van der Waals surface area contributed by atoms with E-state index >= 15 is 0 Å². The third-order valence-electron chi connectivity index (χ3n) is 3.32. The number of aromatic amines is 1. The fourth-order valence-corrected chi connectivity index (χ4v) is 2.49. The molecule has 1 N–H and O–H groups in total. The van der Waals surface area contributed by atoms with Crippen LogP contribution in [-0.2, 0) is 6.42 Å². The van der Waals surface area contributed by atoms with E-state index in [0.29, 0.717) is 21.7 Å². The number of nitrogens with zero attached hydrogens (tertiary/aromatic N) is 1. The van der Waals surface area contributed by atoms with Crippen LogP contribution in [0, 0.1) is 0 Å². The van der Waals surface area contributed by atoms with Crippen molar-refractivity contribution in [3.63, 3.8) is 0 Å². The van der Waals surface area contributed by atoms with Gasteiger partial charge in [-0.05, 0) is 42.3 Å². The largest absolute Gasteiger partial charge is 0.306 e. The van der Waals surface area contributed by atoms with Gasteiger partial charge in [-0.2, -0.15) is 0 Å². The summed E-state index contributed by atoms with van der Waals surface area (Å²) < 4.78 is 0. The quantitative estimate of drug-likeness (QED) is 0.778. The number of halogens is 1. The van der Waals surface area contributed by atoms with Crippen LogP contribution in [0.15, 0.2) is 47.3 Å². The van der Waals surface area contributed by atoms with E-state index in [9.17, 15) is 4.79 Å². The molecule has 2 aromatic carbocycles. The van der Waals surface area contributed by atoms with Crippen molar-refractivity contribution in [1.29, 1.82) is 0 Å². The third kappa shape index (κ3) is 2.21. The summed E-state index contributed by atoms with van der Waals surface area (Å²) in [7, 11) is 0. The van der Waals surface area contributed by atoms with E-state index in [1.54, 1.807) is 6.07 Å². The Morgan fingerprint density at radius 3 is 2.80 bits per heavy atom. The highest BCUT2D eigenvalue weighted by molar-refractivity contribution is 6.30. The molecule has 0 aliphatic carbocycles. The highest BCUT2D eigenvalue weighted by atomic mass is 35.5. The van der Waals surface area contributed by atoms with Gasteiger partial charge in [0.15, 0.2) is 0 Å². The molecule has 0 radical (unpaired) electrons. The average Bonchev–Trinajstić information content (AvgIpc) is 2.47. The first-order valence-electron chi connectivity index (χ1n) is 6.47. The monoisotopic (exact) mass is 284 g/mol. The third-order valence-corrected chi connectivity index (χ3v) is 3.55. The van der Waals surface area contributed by atoms with Crippen LogP contribution in [0.3, 0.4) is 0 Å². The van der Waals surface area contributed by atoms with Crippen LogP contribution in [0.1, 0.15) is 12.5 Å². The lowest BCUT2D eigenvalue weighted by Gasteiger charge is -2.08. The van der Waals surface area contributed by atoms with Gasteiger partial charge in [0.25, 0.3) is 5.56 Å². The molecule has 0 aliphatic rings. The molecule has 0 fully saturated rings.